The lowest BCUT2D eigenvalue weighted by atomic mass is 9.95. The van der Waals surface area contributed by atoms with Crippen molar-refractivity contribution < 1.29 is 153 Å². The summed E-state index contributed by atoms with van der Waals surface area (Å²) in [5.74, 6) is -6.20. The Bertz CT molecular complexity index is 4870. The molecular formula is C104H118O32. The van der Waals surface area contributed by atoms with Crippen LogP contribution >= 0.6 is 0 Å². The van der Waals surface area contributed by atoms with Crippen molar-refractivity contribution in [2.24, 2.45) is 0 Å². The van der Waals surface area contributed by atoms with Crippen molar-refractivity contribution in [1.82, 2.24) is 0 Å². The van der Waals surface area contributed by atoms with Gasteiger partial charge in [0.05, 0.1) is 43.9 Å². The second kappa shape index (κ2) is 75.0. The lowest BCUT2D eigenvalue weighted by Gasteiger charge is -2.13. The molecule has 0 spiro atoms. The van der Waals surface area contributed by atoms with Crippen molar-refractivity contribution in [2.45, 2.75) is 96.4 Å². The molecule has 0 amide bonds. The van der Waals surface area contributed by atoms with E-state index in [1.54, 1.807) is 93.6 Å². The number of hydrogen-bond donors (Lipinski definition) is 1. The molecule has 0 radical (unpaired) electrons. The molecule has 136 heavy (non-hydrogen) atoms. The fraction of sp³-hybridized carbons (Fsp3) is 0.231. The van der Waals surface area contributed by atoms with Gasteiger partial charge in [0.25, 0.3) is 12.4 Å². The highest BCUT2D eigenvalue weighted by Crippen LogP contribution is 2.30. The lowest BCUT2D eigenvalue weighted by molar-refractivity contribution is -0.249. The molecule has 0 heterocycles. The van der Waals surface area contributed by atoms with Crippen LogP contribution in [0.5, 0.6) is 11.5 Å². The number of hydrogen-bond acceptors (Lipinski definition) is 31. The van der Waals surface area contributed by atoms with Gasteiger partial charge in [-0.25, -0.2) is 38.4 Å². The van der Waals surface area contributed by atoms with E-state index < -0.39 is 77.6 Å². The normalized spacial score (nSPS) is 9.12. The van der Waals surface area contributed by atoms with E-state index in [0.29, 0.717) is 46.0 Å². The fourth-order valence-corrected chi connectivity index (χ4v) is 8.52. The molecule has 8 rings (SSSR count). The van der Waals surface area contributed by atoms with E-state index >= 15 is 0 Å². The number of carboxylic acid groups (broad SMARTS) is 1. The number of carboxylic acids is 1. The van der Waals surface area contributed by atoms with Crippen molar-refractivity contribution in [3.05, 3.63) is 333 Å². The van der Waals surface area contributed by atoms with E-state index in [0.717, 1.165) is 24.3 Å². The third kappa shape index (κ3) is 62.5. The number of carbonyl (C=O) groups excluding carboxylic acids is 14. The third-order valence-electron chi connectivity index (χ3n) is 14.7. The molecule has 0 aliphatic carbocycles. The SMILES string of the molecule is C.C=C(C)C(=O)OCCOC(=O)c1ccccc1-c1ccccc1C(=O)OCCOC(=O)C(=C)C.C=C(C)C(=O)OCOC(C)=O.C=C(C)C(=O)OCOC(C)=O.C=C(C)C(=O)Oc1ccc(-c2ccc(OC(=O)C(=C)C)cc2)cc1.C=C(C)OC(=O)CCOC(C)=O.C=C=COOCCC(=O)OC.CC(=O)O.COC=O.c1ccc(-c2ccccc2)cc1.c1ccc(-c2ccccc2)cc1. The Morgan fingerprint density at radius 1 is 0.331 bits per heavy atom. The number of aliphatic carboxylic acids is 1. The highest BCUT2D eigenvalue weighted by molar-refractivity contribution is 6.03. The van der Waals surface area contributed by atoms with Gasteiger partial charge in [0, 0.05) is 61.1 Å². The fourth-order valence-electron chi connectivity index (χ4n) is 8.52. The van der Waals surface area contributed by atoms with Crippen LogP contribution in [0.15, 0.2) is 322 Å². The monoisotopic (exact) mass is 1880 g/mol. The standard InChI is InChI=1S/C26H26O8.C20H18O4.2C12H10.C8H12O4.3C7H10O4.2C2H4O2.CH4/c1-17(2)23(27)31-13-15-33-25(29)21-11-7-5-9-19(21)20-10-6-8-12-22(20)26(30)34-16-14-32-24(28)18(3)4;1-13(2)19(21)23-17-9-5-15(6-10-17)16-7-11-18(12-8-16)24-20(22)14(3)4;2*1-3-7-11(8-4-1)12-9-5-2-6-10-12;1-6(2)12-8(10)4-5-11-7(3)9;2*1-5(2)7(9)11-4-10-6(3)8;1-3-5-10-11-6-4-7(8)9-2;1-4-2-3;1-2(3)4;/h5-12H,1,3,13-16H2,2,4H3;5-12H,1,3H2,2,4H3;2*1-10H;1,4-5H2,2-3H3;2*1,4H2,2-3H3;5H,1,4,6H2,2H3;2H,1H3;1H3,(H,3,4);1H4. The van der Waals surface area contributed by atoms with Gasteiger partial charge in [0.2, 0.25) is 13.6 Å². The summed E-state index contributed by atoms with van der Waals surface area (Å²) in [5.41, 5.74) is 12.4. The molecule has 0 aliphatic rings. The molecule has 0 saturated heterocycles. The van der Waals surface area contributed by atoms with Gasteiger partial charge < -0.3 is 76.3 Å². The third-order valence-corrected chi connectivity index (χ3v) is 14.7. The number of esters is 13. The summed E-state index contributed by atoms with van der Waals surface area (Å²) in [4.78, 5) is 171. The second-order valence-electron chi connectivity index (χ2n) is 26.7. The quantitative estimate of drug-likeness (QED) is 0.00334. The van der Waals surface area contributed by atoms with E-state index in [9.17, 15) is 62.3 Å². The molecule has 0 saturated carbocycles. The minimum Gasteiger partial charge on any atom is -0.481 e. The molecule has 0 unspecified atom stereocenters. The molecule has 726 valence electrons. The van der Waals surface area contributed by atoms with Crippen molar-refractivity contribution in [1.29, 1.82) is 0 Å². The van der Waals surface area contributed by atoms with Gasteiger partial charge in [-0.05, 0) is 129 Å². The van der Waals surface area contributed by atoms with Crippen molar-refractivity contribution >= 4 is 90.0 Å². The summed E-state index contributed by atoms with van der Waals surface area (Å²) >= 11 is 0. The molecule has 0 fully saturated rings. The number of allylic oxidation sites excluding steroid dienone is 1. The van der Waals surface area contributed by atoms with Gasteiger partial charge in [-0.3, -0.25) is 33.6 Å². The predicted octanol–water partition coefficient (Wildman–Crippen LogP) is 18.5. The first-order valence-corrected chi connectivity index (χ1v) is 40.2. The average Bonchev–Trinajstić information content (AvgIpc) is 0.800. The highest BCUT2D eigenvalue weighted by atomic mass is 17.2. The highest BCUT2D eigenvalue weighted by Gasteiger charge is 2.21. The minimum absolute atomic E-state index is 0. The van der Waals surface area contributed by atoms with Crippen LogP contribution in [0.4, 0.5) is 0 Å². The zero-order valence-corrected chi connectivity index (χ0v) is 77.8. The number of methoxy groups -OCH3 is 2. The Morgan fingerprint density at radius 3 is 0.875 bits per heavy atom. The van der Waals surface area contributed by atoms with E-state index in [4.69, 9.17) is 43.1 Å². The maximum atomic E-state index is 12.7. The molecule has 0 aromatic heterocycles. The van der Waals surface area contributed by atoms with Crippen molar-refractivity contribution in [2.75, 3.05) is 67.4 Å². The molecule has 32 heteroatoms. The average molecular weight is 1880 g/mol. The van der Waals surface area contributed by atoms with Crippen LogP contribution in [-0.4, -0.2) is 163 Å². The van der Waals surface area contributed by atoms with E-state index in [1.807, 2.05) is 48.5 Å². The largest absolute Gasteiger partial charge is 0.481 e. The zero-order valence-electron chi connectivity index (χ0n) is 77.8. The molecule has 32 nitrogen and oxygen atoms in total. The zero-order chi connectivity index (χ0) is 102. The van der Waals surface area contributed by atoms with Gasteiger partial charge in [-0.1, -0.05) is 248 Å². The van der Waals surface area contributed by atoms with Crippen molar-refractivity contribution in [3.63, 3.8) is 0 Å². The van der Waals surface area contributed by atoms with E-state index in [2.05, 4.69) is 203 Å². The number of carbonyl (C=O) groups is 15. The number of ether oxygens (including phenoxy) is 14. The van der Waals surface area contributed by atoms with Crippen LogP contribution in [0.1, 0.15) is 117 Å². The molecule has 8 aromatic carbocycles. The van der Waals surface area contributed by atoms with Gasteiger partial charge in [0.15, 0.2) is 6.26 Å². The first kappa shape index (κ1) is 123. The Morgan fingerprint density at radius 2 is 0.603 bits per heavy atom. The van der Waals surface area contributed by atoms with Gasteiger partial charge in [-0.2, -0.15) is 4.89 Å². The molecule has 0 bridgehead atoms. The number of rotatable bonds is 34. The van der Waals surface area contributed by atoms with Gasteiger partial charge in [0.1, 0.15) is 51.1 Å². The molecular weight excluding hydrogens is 1760 g/mol. The van der Waals surface area contributed by atoms with Crippen LogP contribution < -0.4 is 9.47 Å². The van der Waals surface area contributed by atoms with Gasteiger partial charge in [-0.15, -0.1) is 0 Å². The maximum absolute atomic E-state index is 12.7. The first-order valence-electron chi connectivity index (χ1n) is 40.2. The van der Waals surface area contributed by atoms with E-state index in [1.165, 1.54) is 84.9 Å². The van der Waals surface area contributed by atoms with E-state index in [-0.39, 0.29) is 113 Å². The first-order chi connectivity index (χ1) is 64.1. The minimum atomic E-state index is -0.833. The summed E-state index contributed by atoms with van der Waals surface area (Å²) in [6.45, 7) is 42.4. The summed E-state index contributed by atoms with van der Waals surface area (Å²) in [7, 11) is 2.62. The Hall–Kier alpha value is -16.7. The number of benzene rings is 8. The summed E-state index contributed by atoms with van der Waals surface area (Å²) in [6.07, 6.45) is 1.38. The Labute approximate surface area is 792 Å². The Kier molecular flexibility index (Phi) is 68.0. The van der Waals surface area contributed by atoms with Crippen LogP contribution in [0, 0.1) is 0 Å². The molecule has 0 aliphatic heterocycles. The maximum Gasteiger partial charge on any atom is 0.338 e. The second-order valence-corrected chi connectivity index (χ2v) is 26.7. The van der Waals surface area contributed by atoms with Crippen LogP contribution in [0.2, 0.25) is 0 Å². The molecule has 1 N–H and O–H groups in total. The smallest absolute Gasteiger partial charge is 0.338 e. The molecule has 0 atom stereocenters. The summed E-state index contributed by atoms with van der Waals surface area (Å²) in [5, 5.41) is 7.42. The van der Waals surface area contributed by atoms with Gasteiger partial charge >= 0.3 is 77.6 Å². The summed E-state index contributed by atoms with van der Waals surface area (Å²) < 4.78 is 65.5. The van der Waals surface area contributed by atoms with Crippen LogP contribution in [-0.2, 0) is 129 Å². The topological polar surface area (TPSA) is 424 Å². The van der Waals surface area contributed by atoms with Crippen molar-refractivity contribution in [3.8, 4) is 56.0 Å². The van der Waals surface area contributed by atoms with Crippen LogP contribution in [0.3, 0.4) is 0 Å². The van der Waals surface area contributed by atoms with Crippen LogP contribution in [0.25, 0.3) is 44.5 Å². The Balaban J connectivity index is -0.00000153. The predicted molar refractivity (Wildman–Crippen MR) is 508 cm³/mol. The lowest BCUT2D eigenvalue weighted by Crippen LogP contribution is -2.16. The molecule has 8 aromatic rings. The summed E-state index contributed by atoms with van der Waals surface area (Å²) in [6, 6.07) is 69.1.